The van der Waals surface area contributed by atoms with E-state index in [1.165, 1.54) is 18.4 Å². The Morgan fingerprint density at radius 1 is 1.25 bits per heavy atom. The third kappa shape index (κ3) is 3.60. The van der Waals surface area contributed by atoms with E-state index in [1.54, 1.807) is 0 Å². The van der Waals surface area contributed by atoms with E-state index in [4.69, 9.17) is 4.99 Å². The molecule has 5 heteroatoms. The van der Waals surface area contributed by atoms with E-state index in [1.807, 2.05) is 11.8 Å². The van der Waals surface area contributed by atoms with Crippen molar-refractivity contribution in [1.82, 2.24) is 0 Å². The number of anilines is 1. The molecule has 0 bridgehead atoms. The molecule has 0 fully saturated rings. The van der Waals surface area contributed by atoms with Gasteiger partial charge in [-0.15, -0.1) is 0 Å². The molecule has 0 amide bonds. The molecule has 0 unspecified atom stereocenters. The lowest BCUT2D eigenvalue weighted by molar-refractivity contribution is 0.318. The summed E-state index contributed by atoms with van der Waals surface area (Å²) in [5.74, 6) is 1.15. The third-order valence-corrected chi connectivity index (χ3v) is 6.50. The minimum absolute atomic E-state index is 0.386. The molecule has 1 aromatic rings. The van der Waals surface area contributed by atoms with Gasteiger partial charge < -0.3 is 5.32 Å². The Balaban J connectivity index is 2.15. The van der Waals surface area contributed by atoms with Crippen molar-refractivity contribution in [3.63, 3.8) is 0 Å². The van der Waals surface area contributed by atoms with Gasteiger partial charge in [-0.25, -0.2) is 0 Å². The average Bonchev–Trinajstić information content (AvgIpc) is 2.43. The van der Waals surface area contributed by atoms with Gasteiger partial charge in [0.25, 0.3) is 0 Å². The smallest absolute Gasteiger partial charge is 0.161 e. The van der Waals surface area contributed by atoms with Gasteiger partial charge in [-0.3, -0.25) is 4.99 Å². The van der Waals surface area contributed by atoms with Crippen LogP contribution in [-0.4, -0.2) is 17.5 Å². The van der Waals surface area contributed by atoms with Crippen LogP contribution in [0.15, 0.2) is 26.1 Å². The number of nitrogens with zero attached hydrogens (tertiary/aromatic N) is 1. The summed E-state index contributed by atoms with van der Waals surface area (Å²) < 4.78 is 2.13. The van der Waals surface area contributed by atoms with Gasteiger partial charge in [-0.2, -0.15) is 0 Å². The van der Waals surface area contributed by atoms with Gasteiger partial charge in [0.15, 0.2) is 5.17 Å². The SMILES string of the molecule is CCC1(CC)CN=C(Nc2c(Br)cc(C)cc2Br)SC1. The molecule has 0 saturated carbocycles. The Labute approximate surface area is 142 Å². The number of thioether (sulfide) groups is 1. The molecule has 1 aromatic carbocycles. The first-order valence-corrected chi connectivity index (χ1v) is 9.47. The number of benzene rings is 1. The molecule has 110 valence electrons. The molecule has 0 aromatic heterocycles. The fraction of sp³-hybridized carbons (Fsp3) is 0.533. The van der Waals surface area contributed by atoms with Crippen molar-refractivity contribution >= 4 is 54.5 Å². The molecule has 0 saturated heterocycles. The lowest BCUT2D eigenvalue weighted by Crippen LogP contribution is -2.32. The predicted octanol–water partition coefficient (Wildman–Crippen LogP) is 5.84. The highest BCUT2D eigenvalue weighted by Gasteiger charge is 2.30. The zero-order valence-electron chi connectivity index (χ0n) is 12.1. The van der Waals surface area contributed by atoms with Gasteiger partial charge in [0.05, 0.1) is 5.69 Å². The summed E-state index contributed by atoms with van der Waals surface area (Å²) in [4.78, 5) is 4.75. The normalized spacial score (nSPS) is 17.8. The second-order valence-corrected chi connectivity index (χ2v) is 8.02. The first-order valence-electron chi connectivity index (χ1n) is 6.89. The van der Waals surface area contributed by atoms with Crippen LogP contribution in [0, 0.1) is 12.3 Å². The zero-order chi connectivity index (χ0) is 14.8. The molecule has 2 nitrogen and oxygen atoms in total. The Morgan fingerprint density at radius 3 is 2.30 bits per heavy atom. The molecule has 1 heterocycles. The van der Waals surface area contributed by atoms with E-state index < -0.39 is 0 Å². The number of rotatable bonds is 3. The molecule has 20 heavy (non-hydrogen) atoms. The van der Waals surface area contributed by atoms with Crippen LogP contribution in [0.3, 0.4) is 0 Å². The quantitative estimate of drug-likeness (QED) is 0.665. The van der Waals surface area contributed by atoms with Crippen molar-refractivity contribution in [3.05, 3.63) is 26.6 Å². The number of nitrogens with one attached hydrogen (secondary N) is 1. The standard InChI is InChI=1S/C15H20Br2N2S/c1-4-15(5-2)8-18-14(20-9-15)19-13-11(16)6-10(3)7-12(13)17/h6-7H,4-5,8-9H2,1-3H3,(H,18,19). The summed E-state index contributed by atoms with van der Waals surface area (Å²) in [5, 5.41) is 4.47. The monoisotopic (exact) mass is 418 g/mol. The summed E-state index contributed by atoms with van der Waals surface area (Å²) in [6.45, 7) is 7.55. The number of hydrogen-bond donors (Lipinski definition) is 1. The first kappa shape index (κ1) is 16.4. The van der Waals surface area contributed by atoms with Crippen molar-refractivity contribution in [2.45, 2.75) is 33.6 Å². The molecule has 1 aliphatic heterocycles. The summed E-state index contributed by atoms with van der Waals surface area (Å²) in [6.07, 6.45) is 2.40. The number of aryl methyl sites for hydroxylation is 1. The number of halogens is 2. The maximum atomic E-state index is 4.75. The van der Waals surface area contributed by atoms with Crippen LogP contribution in [0.5, 0.6) is 0 Å². The van der Waals surface area contributed by atoms with Crippen LogP contribution < -0.4 is 5.32 Å². The van der Waals surface area contributed by atoms with Crippen molar-refractivity contribution in [2.75, 3.05) is 17.6 Å². The molecule has 0 spiro atoms. The maximum absolute atomic E-state index is 4.75. The highest BCUT2D eigenvalue weighted by molar-refractivity contribution is 9.11. The van der Waals surface area contributed by atoms with E-state index >= 15 is 0 Å². The summed E-state index contributed by atoms with van der Waals surface area (Å²) in [5.41, 5.74) is 2.67. The fourth-order valence-electron chi connectivity index (χ4n) is 2.23. The minimum Gasteiger partial charge on any atom is -0.333 e. The molecular formula is C15H20Br2N2S. The summed E-state index contributed by atoms with van der Waals surface area (Å²) in [6, 6.07) is 4.23. The van der Waals surface area contributed by atoms with E-state index in [2.05, 4.69) is 70.1 Å². The third-order valence-electron chi connectivity index (χ3n) is 3.99. The molecule has 0 radical (unpaired) electrons. The van der Waals surface area contributed by atoms with Crippen LogP contribution >= 0.6 is 43.6 Å². The number of amidine groups is 1. The maximum Gasteiger partial charge on any atom is 0.161 e. The molecule has 0 atom stereocenters. The topological polar surface area (TPSA) is 24.4 Å². The zero-order valence-corrected chi connectivity index (χ0v) is 16.1. The Bertz CT molecular complexity index is 502. The van der Waals surface area contributed by atoms with Gasteiger partial charge >= 0.3 is 0 Å². The van der Waals surface area contributed by atoms with Crippen LogP contribution in [-0.2, 0) is 0 Å². The molecule has 2 rings (SSSR count). The van der Waals surface area contributed by atoms with Gasteiger partial charge in [0.1, 0.15) is 0 Å². The van der Waals surface area contributed by atoms with Gasteiger partial charge in [-0.1, -0.05) is 25.6 Å². The fourth-order valence-corrected chi connectivity index (χ4v) is 5.12. The van der Waals surface area contributed by atoms with Crippen molar-refractivity contribution < 1.29 is 0 Å². The van der Waals surface area contributed by atoms with Crippen molar-refractivity contribution in [3.8, 4) is 0 Å². The second-order valence-electron chi connectivity index (χ2n) is 5.35. The van der Waals surface area contributed by atoms with Gasteiger partial charge in [0.2, 0.25) is 0 Å². The van der Waals surface area contributed by atoms with Crippen molar-refractivity contribution in [1.29, 1.82) is 0 Å². The van der Waals surface area contributed by atoms with E-state index in [-0.39, 0.29) is 0 Å². The number of hydrogen-bond acceptors (Lipinski definition) is 3. The van der Waals surface area contributed by atoms with Gasteiger partial charge in [-0.05, 0) is 74.7 Å². The molecule has 1 aliphatic rings. The van der Waals surface area contributed by atoms with Crippen LogP contribution in [0.2, 0.25) is 0 Å². The van der Waals surface area contributed by atoms with Crippen molar-refractivity contribution in [2.24, 2.45) is 10.4 Å². The first-order chi connectivity index (χ1) is 9.49. The lowest BCUT2D eigenvalue weighted by Gasteiger charge is -2.33. The Hall–Kier alpha value is -0.000000000000000111. The van der Waals surface area contributed by atoms with Crippen LogP contribution in [0.4, 0.5) is 5.69 Å². The average molecular weight is 420 g/mol. The largest absolute Gasteiger partial charge is 0.333 e. The highest BCUT2D eigenvalue weighted by Crippen LogP contribution is 2.37. The molecule has 0 aliphatic carbocycles. The van der Waals surface area contributed by atoms with E-state index in [0.29, 0.717) is 5.41 Å². The number of aliphatic imine (C=N–C) groups is 1. The second kappa shape index (κ2) is 6.84. The highest BCUT2D eigenvalue weighted by atomic mass is 79.9. The Morgan fingerprint density at radius 2 is 1.85 bits per heavy atom. The lowest BCUT2D eigenvalue weighted by atomic mass is 9.84. The summed E-state index contributed by atoms with van der Waals surface area (Å²) in [7, 11) is 0. The molecular weight excluding hydrogens is 400 g/mol. The van der Waals surface area contributed by atoms with Crippen LogP contribution in [0.25, 0.3) is 0 Å². The predicted molar refractivity (Wildman–Crippen MR) is 98.0 cm³/mol. The minimum atomic E-state index is 0.386. The molecule has 1 N–H and O–H groups in total. The van der Waals surface area contributed by atoms with E-state index in [0.717, 1.165) is 32.1 Å². The summed E-state index contributed by atoms with van der Waals surface area (Å²) >= 11 is 9.07. The van der Waals surface area contributed by atoms with E-state index in [9.17, 15) is 0 Å². The van der Waals surface area contributed by atoms with Gasteiger partial charge in [0, 0.05) is 21.2 Å². The van der Waals surface area contributed by atoms with Crippen LogP contribution in [0.1, 0.15) is 32.3 Å². The Kier molecular flexibility index (Phi) is 5.60.